The SMILES string of the molecule is CCOc1ncccc1CNC(=O)CCn1ccccc1=O. The van der Waals surface area contributed by atoms with Crippen molar-refractivity contribution >= 4 is 5.91 Å². The largest absolute Gasteiger partial charge is 0.478 e. The third-order valence-electron chi connectivity index (χ3n) is 3.09. The Bertz CT molecular complexity index is 682. The van der Waals surface area contributed by atoms with Crippen molar-refractivity contribution in [2.45, 2.75) is 26.4 Å². The molecule has 0 aromatic carbocycles. The summed E-state index contributed by atoms with van der Waals surface area (Å²) in [7, 11) is 0. The number of aromatic nitrogens is 2. The van der Waals surface area contributed by atoms with Gasteiger partial charge in [-0.1, -0.05) is 12.1 Å². The maximum absolute atomic E-state index is 11.9. The molecule has 0 atom stereocenters. The van der Waals surface area contributed by atoms with Gasteiger partial charge in [-0.25, -0.2) is 4.98 Å². The van der Waals surface area contributed by atoms with Crippen LogP contribution in [0.15, 0.2) is 47.5 Å². The number of nitrogens with one attached hydrogen (secondary N) is 1. The first-order chi connectivity index (χ1) is 10.7. The summed E-state index contributed by atoms with van der Waals surface area (Å²) >= 11 is 0. The third kappa shape index (κ3) is 4.44. The van der Waals surface area contributed by atoms with E-state index in [0.717, 1.165) is 5.56 Å². The van der Waals surface area contributed by atoms with Crippen LogP contribution in [-0.4, -0.2) is 22.1 Å². The van der Waals surface area contributed by atoms with Crippen molar-refractivity contribution in [3.8, 4) is 5.88 Å². The minimum atomic E-state index is -0.123. The number of amides is 1. The number of carbonyl (C=O) groups excluding carboxylic acids is 1. The second-order valence-electron chi connectivity index (χ2n) is 4.66. The van der Waals surface area contributed by atoms with E-state index < -0.39 is 0 Å². The quantitative estimate of drug-likeness (QED) is 0.838. The van der Waals surface area contributed by atoms with Crippen LogP contribution in [0.3, 0.4) is 0 Å². The van der Waals surface area contributed by atoms with E-state index in [2.05, 4.69) is 10.3 Å². The van der Waals surface area contributed by atoms with Crippen LogP contribution in [0.4, 0.5) is 0 Å². The minimum Gasteiger partial charge on any atom is -0.478 e. The molecule has 22 heavy (non-hydrogen) atoms. The first-order valence-corrected chi connectivity index (χ1v) is 7.19. The van der Waals surface area contributed by atoms with E-state index in [9.17, 15) is 9.59 Å². The van der Waals surface area contributed by atoms with Gasteiger partial charge in [0.25, 0.3) is 5.56 Å². The molecule has 0 aliphatic carbocycles. The molecule has 0 aliphatic rings. The van der Waals surface area contributed by atoms with Gasteiger partial charge in [0.05, 0.1) is 6.61 Å². The van der Waals surface area contributed by atoms with E-state index in [4.69, 9.17) is 4.74 Å². The summed E-state index contributed by atoms with van der Waals surface area (Å²) in [5.41, 5.74) is 0.718. The zero-order chi connectivity index (χ0) is 15.8. The Morgan fingerprint density at radius 1 is 1.32 bits per heavy atom. The van der Waals surface area contributed by atoms with E-state index in [1.165, 1.54) is 10.6 Å². The van der Waals surface area contributed by atoms with Crippen LogP contribution in [0.25, 0.3) is 0 Å². The van der Waals surface area contributed by atoms with E-state index in [-0.39, 0.29) is 17.9 Å². The number of hydrogen-bond donors (Lipinski definition) is 1. The summed E-state index contributed by atoms with van der Waals surface area (Å²) in [4.78, 5) is 27.5. The Morgan fingerprint density at radius 3 is 2.95 bits per heavy atom. The highest BCUT2D eigenvalue weighted by molar-refractivity contribution is 5.75. The number of hydrogen-bond acceptors (Lipinski definition) is 4. The molecule has 0 bridgehead atoms. The Labute approximate surface area is 128 Å². The Kier molecular flexibility index (Phi) is 5.71. The third-order valence-corrected chi connectivity index (χ3v) is 3.09. The number of aryl methyl sites for hydroxylation is 1. The Balaban J connectivity index is 1.86. The number of carbonyl (C=O) groups is 1. The predicted octanol–water partition coefficient (Wildman–Crippen LogP) is 1.35. The number of nitrogens with zero attached hydrogens (tertiary/aromatic N) is 2. The number of ether oxygens (including phenoxy) is 1. The molecule has 2 aromatic rings. The fourth-order valence-corrected chi connectivity index (χ4v) is 1.97. The van der Waals surface area contributed by atoms with Crippen LogP contribution in [0.5, 0.6) is 5.88 Å². The maximum atomic E-state index is 11.9. The van der Waals surface area contributed by atoms with Gasteiger partial charge in [-0.3, -0.25) is 9.59 Å². The van der Waals surface area contributed by atoms with Crippen LogP contribution in [0, 0.1) is 0 Å². The Morgan fingerprint density at radius 2 is 2.18 bits per heavy atom. The van der Waals surface area contributed by atoms with Gasteiger partial charge in [-0.05, 0) is 19.1 Å². The average Bonchev–Trinajstić information content (AvgIpc) is 2.53. The minimum absolute atomic E-state index is 0.110. The Hall–Kier alpha value is -2.63. The lowest BCUT2D eigenvalue weighted by Gasteiger charge is -2.10. The van der Waals surface area contributed by atoms with Gasteiger partial charge < -0.3 is 14.6 Å². The summed E-state index contributed by atoms with van der Waals surface area (Å²) < 4.78 is 6.92. The van der Waals surface area contributed by atoms with Gasteiger partial charge in [-0.15, -0.1) is 0 Å². The highest BCUT2D eigenvalue weighted by atomic mass is 16.5. The van der Waals surface area contributed by atoms with Crippen molar-refractivity contribution < 1.29 is 9.53 Å². The molecule has 0 aliphatic heterocycles. The molecule has 0 saturated heterocycles. The van der Waals surface area contributed by atoms with Gasteiger partial charge in [0.2, 0.25) is 11.8 Å². The number of rotatable bonds is 7. The molecule has 2 aromatic heterocycles. The molecule has 2 heterocycles. The molecule has 1 N–H and O–H groups in total. The molecule has 0 saturated carbocycles. The van der Waals surface area contributed by atoms with E-state index in [1.807, 2.05) is 13.0 Å². The van der Waals surface area contributed by atoms with Gasteiger partial charge in [-0.2, -0.15) is 0 Å². The lowest BCUT2D eigenvalue weighted by molar-refractivity contribution is -0.121. The van der Waals surface area contributed by atoms with Crippen molar-refractivity contribution in [1.82, 2.24) is 14.9 Å². The topological polar surface area (TPSA) is 73.2 Å². The van der Waals surface area contributed by atoms with Gasteiger partial charge >= 0.3 is 0 Å². The molecular weight excluding hydrogens is 282 g/mol. The molecular formula is C16H19N3O3. The summed E-state index contributed by atoms with van der Waals surface area (Å²) in [6.07, 6.45) is 3.57. The lowest BCUT2D eigenvalue weighted by atomic mass is 10.2. The van der Waals surface area contributed by atoms with Crippen molar-refractivity contribution in [1.29, 1.82) is 0 Å². The summed E-state index contributed by atoms with van der Waals surface area (Å²) in [5.74, 6) is 0.409. The average molecular weight is 301 g/mol. The first kappa shape index (κ1) is 15.8. The lowest BCUT2D eigenvalue weighted by Crippen LogP contribution is -2.26. The van der Waals surface area contributed by atoms with Gasteiger partial charge in [0, 0.05) is 43.5 Å². The van der Waals surface area contributed by atoms with Crippen molar-refractivity contribution in [2.75, 3.05) is 6.61 Å². The normalized spacial score (nSPS) is 10.2. The number of pyridine rings is 2. The van der Waals surface area contributed by atoms with Crippen molar-refractivity contribution in [3.05, 3.63) is 58.6 Å². The molecule has 0 unspecified atom stereocenters. The molecule has 6 nitrogen and oxygen atoms in total. The fraction of sp³-hybridized carbons (Fsp3) is 0.312. The standard InChI is InChI=1S/C16H19N3O3/c1-2-22-16-13(6-5-9-17-16)12-18-14(20)8-11-19-10-4-3-7-15(19)21/h3-7,9-10H,2,8,11-12H2,1H3,(H,18,20). The predicted molar refractivity (Wildman–Crippen MR) is 82.6 cm³/mol. The summed E-state index contributed by atoms with van der Waals surface area (Å²) in [5, 5.41) is 2.81. The smallest absolute Gasteiger partial charge is 0.250 e. The molecule has 0 spiro atoms. The van der Waals surface area contributed by atoms with E-state index >= 15 is 0 Å². The second kappa shape index (κ2) is 7.97. The monoisotopic (exact) mass is 301 g/mol. The highest BCUT2D eigenvalue weighted by Gasteiger charge is 2.07. The van der Waals surface area contributed by atoms with Crippen LogP contribution in [0.1, 0.15) is 18.9 Å². The molecule has 6 heteroatoms. The van der Waals surface area contributed by atoms with Gasteiger partial charge in [0.15, 0.2) is 0 Å². The first-order valence-electron chi connectivity index (χ1n) is 7.19. The van der Waals surface area contributed by atoms with Crippen molar-refractivity contribution in [3.63, 3.8) is 0 Å². The molecule has 0 radical (unpaired) electrons. The molecule has 2 rings (SSSR count). The van der Waals surface area contributed by atoms with Crippen LogP contribution >= 0.6 is 0 Å². The van der Waals surface area contributed by atoms with Gasteiger partial charge in [0.1, 0.15) is 0 Å². The van der Waals surface area contributed by atoms with Crippen molar-refractivity contribution in [2.24, 2.45) is 0 Å². The second-order valence-corrected chi connectivity index (χ2v) is 4.66. The molecule has 1 amide bonds. The molecule has 0 fully saturated rings. The van der Waals surface area contributed by atoms with E-state index in [1.54, 1.807) is 30.6 Å². The summed E-state index contributed by atoms with van der Waals surface area (Å²) in [6, 6.07) is 8.58. The van der Waals surface area contributed by atoms with Crippen LogP contribution in [-0.2, 0) is 17.9 Å². The van der Waals surface area contributed by atoms with Crippen LogP contribution in [0.2, 0.25) is 0 Å². The fourth-order valence-electron chi connectivity index (χ4n) is 1.97. The zero-order valence-corrected chi connectivity index (χ0v) is 12.5. The maximum Gasteiger partial charge on any atom is 0.250 e. The molecule has 116 valence electrons. The zero-order valence-electron chi connectivity index (χ0n) is 12.5. The summed E-state index contributed by atoms with van der Waals surface area (Å²) in [6.45, 7) is 3.12. The van der Waals surface area contributed by atoms with Crippen LogP contribution < -0.4 is 15.6 Å². The van der Waals surface area contributed by atoms with E-state index in [0.29, 0.717) is 25.6 Å². The highest BCUT2D eigenvalue weighted by Crippen LogP contribution is 2.13.